The molecule has 4 N–H and O–H groups in total. The molecule has 0 bridgehead atoms. The zero-order chi connectivity index (χ0) is 46.2. The van der Waals surface area contributed by atoms with Crippen molar-refractivity contribution in [1.29, 1.82) is 5.26 Å². The molecular weight excluding hydrogens is 863 g/mol. The van der Waals surface area contributed by atoms with E-state index in [4.69, 9.17) is 10.00 Å². The first-order valence-corrected chi connectivity index (χ1v) is 21.6. The first-order valence-electron chi connectivity index (χ1n) is 20.0. The topological polar surface area (TPSA) is 215 Å². The fraction of sp³-hybridized carbons (Fsp3) is 0.318. The number of hydrogen-bond donors (Lipinski definition) is 4. The highest BCUT2D eigenvalue weighted by molar-refractivity contribution is 7.91. The van der Waals surface area contributed by atoms with Gasteiger partial charge in [-0.1, -0.05) is 24.3 Å². The van der Waals surface area contributed by atoms with E-state index in [0.717, 1.165) is 19.1 Å². The number of halogens is 4. The van der Waals surface area contributed by atoms with Gasteiger partial charge in [0.25, 0.3) is 17.4 Å². The quantitative estimate of drug-likeness (QED) is 0.0772. The number of hydrogen-bond acceptors (Lipinski definition) is 11. The number of nitriles is 1. The maximum Gasteiger partial charge on any atom is 0.417 e. The van der Waals surface area contributed by atoms with Crippen LogP contribution >= 0.6 is 0 Å². The minimum atomic E-state index is -4.89. The van der Waals surface area contributed by atoms with Crippen LogP contribution in [0.2, 0.25) is 0 Å². The maximum atomic E-state index is 14.9. The van der Waals surface area contributed by atoms with E-state index in [0.29, 0.717) is 53.4 Å². The number of aromatic nitrogens is 2. The number of anilines is 2. The third-order valence-corrected chi connectivity index (χ3v) is 12.4. The number of alkyl halides is 3. The number of benzene rings is 4. The molecule has 1 fully saturated rings. The van der Waals surface area contributed by atoms with Crippen LogP contribution in [0.4, 0.5) is 28.9 Å². The van der Waals surface area contributed by atoms with E-state index in [9.17, 15) is 50.3 Å². The molecule has 3 amide bonds. The predicted octanol–water partition coefficient (Wildman–Crippen LogP) is 4.90. The lowest BCUT2D eigenvalue weighted by Crippen LogP contribution is -2.50. The van der Waals surface area contributed by atoms with E-state index >= 15 is 0 Å². The molecule has 1 aliphatic heterocycles. The lowest BCUT2D eigenvalue weighted by atomic mass is 10.0. The van der Waals surface area contributed by atoms with Gasteiger partial charge in [0.1, 0.15) is 5.82 Å². The highest BCUT2D eigenvalue weighted by Crippen LogP contribution is 2.34. The monoisotopic (exact) mass is 905 g/mol. The van der Waals surface area contributed by atoms with Crippen molar-refractivity contribution in [1.82, 2.24) is 20.0 Å². The number of rotatable bonds is 16. The second-order valence-corrected chi connectivity index (χ2v) is 17.2. The number of nitrogens with zero attached hydrogens (tertiary/aromatic N) is 4. The lowest BCUT2D eigenvalue weighted by Gasteiger charge is -2.35. The normalized spacial score (nSPS) is 14.1. The molecule has 0 radical (unpaired) electrons. The molecule has 2 heterocycles. The molecule has 0 saturated carbocycles. The molecule has 4 aromatic carbocycles. The molecule has 1 saturated heterocycles. The summed E-state index contributed by atoms with van der Waals surface area (Å²) in [4.78, 5) is 54.1. The Kier molecular flexibility index (Phi) is 14.5. The van der Waals surface area contributed by atoms with E-state index in [1.807, 2.05) is 0 Å². The van der Waals surface area contributed by atoms with Crippen LogP contribution in [0.15, 0.2) is 94.6 Å². The summed E-state index contributed by atoms with van der Waals surface area (Å²) in [6.07, 6.45) is -3.98. The van der Waals surface area contributed by atoms with Gasteiger partial charge in [0.15, 0.2) is 15.4 Å². The van der Waals surface area contributed by atoms with Gasteiger partial charge in [0, 0.05) is 62.5 Å². The van der Waals surface area contributed by atoms with Gasteiger partial charge in [-0.15, -0.1) is 0 Å². The maximum absolute atomic E-state index is 14.9. The molecule has 1 aromatic heterocycles. The zero-order valence-electron chi connectivity index (χ0n) is 34.4. The average Bonchev–Trinajstić information content (AvgIpc) is 3.27. The standard InChI is InChI=1S/C44H43F4N7O8S/c1-43(60,42(59)51-31-9-8-29(26-49)36(25-31)44(46,47)48)27-64(61,62)32-12-10-30(11-13-32)50-16-4-21-63-22-15-39(56)54-17-19-55(20-18-54)41(58)35-23-28(7-14-37(35)45)24-38-33-5-2-3-6-34(33)40(57)53-52-38/h2-3,5-14,23,25,50,60H,4,15-22,24,27H2,1H3,(H,51,59)(H,53,57). The minimum Gasteiger partial charge on any atom is -0.385 e. The zero-order valence-corrected chi connectivity index (χ0v) is 35.2. The van der Waals surface area contributed by atoms with Gasteiger partial charge in [-0.25, -0.2) is 17.9 Å². The van der Waals surface area contributed by atoms with E-state index in [1.54, 1.807) is 35.2 Å². The van der Waals surface area contributed by atoms with Crippen LogP contribution in [0.3, 0.4) is 0 Å². The van der Waals surface area contributed by atoms with E-state index < -0.39 is 61.8 Å². The van der Waals surface area contributed by atoms with Gasteiger partial charge < -0.3 is 30.3 Å². The van der Waals surface area contributed by atoms with Crippen LogP contribution in [-0.4, -0.2) is 109 Å². The Morgan fingerprint density at radius 3 is 2.28 bits per heavy atom. The van der Waals surface area contributed by atoms with Crippen LogP contribution < -0.4 is 16.2 Å². The summed E-state index contributed by atoms with van der Waals surface area (Å²) in [6, 6.07) is 20.6. The Labute approximate surface area is 364 Å². The van der Waals surface area contributed by atoms with Gasteiger partial charge in [-0.05, 0) is 79.6 Å². The molecule has 1 aliphatic rings. The number of aromatic amines is 1. The summed E-state index contributed by atoms with van der Waals surface area (Å²) in [7, 11) is -4.25. The number of amides is 3. The van der Waals surface area contributed by atoms with Crippen LogP contribution in [0.5, 0.6) is 0 Å². The number of nitrogens with one attached hydrogen (secondary N) is 3. The number of H-pyrrole nitrogens is 1. The molecule has 5 aromatic rings. The predicted molar refractivity (Wildman–Crippen MR) is 227 cm³/mol. The van der Waals surface area contributed by atoms with Gasteiger partial charge in [0.05, 0.1) is 57.5 Å². The number of carbonyl (C=O) groups is 3. The third kappa shape index (κ3) is 11.5. The molecule has 64 heavy (non-hydrogen) atoms. The summed E-state index contributed by atoms with van der Waals surface area (Å²) in [5.74, 6) is -3.65. The molecule has 20 heteroatoms. The van der Waals surface area contributed by atoms with Crippen molar-refractivity contribution >= 4 is 49.7 Å². The second-order valence-electron chi connectivity index (χ2n) is 15.2. The second kappa shape index (κ2) is 19.8. The molecule has 15 nitrogen and oxygen atoms in total. The molecule has 6 rings (SSSR count). The Balaban J connectivity index is 0.886. The van der Waals surface area contributed by atoms with Crippen molar-refractivity contribution in [2.24, 2.45) is 0 Å². The first-order chi connectivity index (χ1) is 30.4. The van der Waals surface area contributed by atoms with Crippen molar-refractivity contribution in [3.05, 3.63) is 129 Å². The smallest absolute Gasteiger partial charge is 0.385 e. The van der Waals surface area contributed by atoms with Gasteiger partial charge in [0.2, 0.25) is 5.91 Å². The summed E-state index contributed by atoms with van der Waals surface area (Å²) in [5, 5.41) is 32.7. The van der Waals surface area contributed by atoms with Crippen molar-refractivity contribution in [2.45, 2.75) is 42.9 Å². The summed E-state index contributed by atoms with van der Waals surface area (Å²) in [5.41, 5.74) is -3.54. The van der Waals surface area contributed by atoms with Crippen LogP contribution in [-0.2, 0) is 36.8 Å². The average molecular weight is 906 g/mol. The van der Waals surface area contributed by atoms with Crippen LogP contribution in [0.25, 0.3) is 10.8 Å². The van der Waals surface area contributed by atoms with Crippen molar-refractivity contribution < 1.29 is 50.2 Å². The number of piperazine rings is 1. The number of fused-ring (bicyclic) bond motifs is 1. The van der Waals surface area contributed by atoms with Crippen molar-refractivity contribution in [3.63, 3.8) is 0 Å². The SMILES string of the molecule is CC(O)(CS(=O)(=O)c1ccc(NCCCOCCC(=O)N2CCN(C(=O)c3cc(Cc4n[nH]c(=O)c5ccccc45)ccc3F)CC2)cc1)C(=O)Nc1ccc(C#N)c(C(F)(F)F)c1. The van der Waals surface area contributed by atoms with Gasteiger partial charge in [-0.2, -0.15) is 23.5 Å². The summed E-state index contributed by atoms with van der Waals surface area (Å²) < 4.78 is 86.7. The number of aliphatic hydroxyl groups is 1. The third-order valence-electron chi connectivity index (χ3n) is 10.5. The summed E-state index contributed by atoms with van der Waals surface area (Å²) in [6.45, 7) is 2.80. The number of carbonyl (C=O) groups excluding carboxylic acids is 3. The largest absolute Gasteiger partial charge is 0.417 e. The van der Waals surface area contributed by atoms with Crippen LogP contribution in [0, 0.1) is 17.1 Å². The number of ether oxygens (including phenoxy) is 1. The highest BCUT2D eigenvalue weighted by atomic mass is 32.2. The molecule has 336 valence electrons. The molecule has 1 atom stereocenters. The Morgan fingerprint density at radius 1 is 0.922 bits per heavy atom. The minimum absolute atomic E-state index is 0.0924. The van der Waals surface area contributed by atoms with Gasteiger partial charge in [-0.3, -0.25) is 19.2 Å². The van der Waals surface area contributed by atoms with Crippen molar-refractivity contribution in [3.8, 4) is 6.07 Å². The Morgan fingerprint density at radius 2 is 1.59 bits per heavy atom. The van der Waals surface area contributed by atoms with Crippen LogP contribution in [0.1, 0.15) is 52.5 Å². The first kappa shape index (κ1) is 46.8. The van der Waals surface area contributed by atoms with Crippen molar-refractivity contribution in [2.75, 3.05) is 62.3 Å². The van der Waals surface area contributed by atoms with E-state index in [2.05, 4.69) is 20.8 Å². The fourth-order valence-corrected chi connectivity index (χ4v) is 8.61. The summed E-state index contributed by atoms with van der Waals surface area (Å²) >= 11 is 0. The molecule has 1 unspecified atom stereocenters. The lowest BCUT2D eigenvalue weighted by molar-refractivity contribution is -0.138. The molecular formula is C44H43F4N7O8S. The molecule has 0 aliphatic carbocycles. The van der Waals surface area contributed by atoms with Gasteiger partial charge >= 0.3 is 6.18 Å². The fourth-order valence-electron chi connectivity index (χ4n) is 7.02. The van der Waals surface area contributed by atoms with E-state index in [-0.39, 0.29) is 67.6 Å². The Bertz CT molecular complexity index is 2750. The van der Waals surface area contributed by atoms with E-state index in [1.165, 1.54) is 47.4 Å². The molecule has 0 spiro atoms. The number of sulfone groups is 1. The Hall–Kier alpha value is -6.69. The highest BCUT2D eigenvalue weighted by Gasteiger charge is 2.38.